The molecule has 1 atom stereocenters. The van der Waals surface area contributed by atoms with Gasteiger partial charge in [-0.3, -0.25) is 0 Å². The summed E-state index contributed by atoms with van der Waals surface area (Å²) in [6.07, 6.45) is 6.75. The highest BCUT2D eigenvalue weighted by Crippen LogP contribution is 2.29. The second-order valence-electron chi connectivity index (χ2n) is 5.75. The number of ether oxygens (including phenoxy) is 1. The van der Waals surface area contributed by atoms with Crippen LogP contribution in [-0.2, 0) is 6.42 Å². The van der Waals surface area contributed by atoms with Gasteiger partial charge in [-0.2, -0.15) is 0 Å². The molecule has 3 rings (SSSR count). The summed E-state index contributed by atoms with van der Waals surface area (Å²) in [5.41, 5.74) is 2.78. The normalized spacial score (nSPS) is 20.7. The SMILES string of the molecule is CC(NCC1CCCC1)c1ccc2c(c1)CCO2. The van der Waals surface area contributed by atoms with Gasteiger partial charge in [-0.05, 0) is 49.4 Å². The van der Waals surface area contributed by atoms with E-state index in [1.54, 1.807) is 0 Å². The molecule has 0 amide bonds. The van der Waals surface area contributed by atoms with E-state index in [-0.39, 0.29) is 0 Å². The van der Waals surface area contributed by atoms with E-state index in [0.29, 0.717) is 6.04 Å². The van der Waals surface area contributed by atoms with Gasteiger partial charge in [-0.15, -0.1) is 0 Å². The van der Waals surface area contributed by atoms with Gasteiger partial charge in [0.25, 0.3) is 0 Å². The second kappa shape index (κ2) is 5.31. The van der Waals surface area contributed by atoms with E-state index in [1.807, 2.05) is 0 Å². The molecular weight excluding hydrogens is 222 g/mol. The number of hydrogen-bond donors (Lipinski definition) is 1. The van der Waals surface area contributed by atoms with Crippen molar-refractivity contribution in [3.63, 3.8) is 0 Å². The molecule has 2 aliphatic rings. The van der Waals surface area contributed by atoms with Crippen molar-refractivity contribution < 1.29 is 4.74 Å². The summed E-state index contributed by atoms with van der Waals surface area (Å²) in [5, 5.41) is 3.69. The van der Waals surface area contributed by atoms with E-state index in [9.17, 15) is 0 Å². The van der Waals surface area contributed by atoms with E-state index in [2.05, 4.69) is 30.4 Å². The lowest BCUT2D eigenvalue weighted by atomic mass is 10.0. The van der Waals surface area contributed by atoms with Crippen LogP contribution in [-0.4, -0.2) is 13.2 Å². The van der Waals surface area contributed by atoms with Gasteiger partial charge in [0, 0.05) is 12.5 Å². The van der Waals surface area contributed by atoms with Crippen molar-refractivity contribution in [3.05, 3.63) is 29.3 Å². The maximum atomic E-state index is 5.55. The van der Waals surface area contributed by atoms with Crippen LogP contribution in [0.1, 0.15) is 49.8 Å². The third kappa shape index (κ3) is 2.54. The molecule has 1 N–H and O–H groups in total. The third-order valence-corrected chi connectivity index (χ3v) is 4.40. The number of hydrogen-bond acceptors (Lipinski definition) is 2. The minimum atomic E-state index is 0.455. The molecule has 1 saturated carbocycles. The summed E-state index contributed by atoms with van der Waals surface area (Å²) < 4.78 is 5.55. The van der Waals surface area contributed by atoms with Crippen molar-refractivity contribution in [1.29, 1.82) is 0 Å². The number of benzene rings is 1. The van der Waals surface area contributed by atoms with E-state index < -0.39 is 0 Å². The molecule has 18 heavy (non-hydrogen) atoms. The van der Waals surface area contributed by atoms with Gasteiger partial charge in [-0.1, -0.05) is 25.0 Å². The predicted octanol–water partition coefficient (Wildman–Crippen LogP) is 3.46. The Morgan fingerprint density at radius 3 is 3.00 bits per heavy atom. The Balaban J connectivity index is 1.59. The lowest BCUT2D eigenvalue weighted by molar-refractivity contribution is 0.356. The molecule has 2 heteroatoms. The van der Waals surface area contributed by atoms with Crippen LogP contribution in [0.15, 0.2) is 18.2 Å². The Bertz CT molecular complexity index is 410. The first-order chi connectivity index (χ1) is 8.83. The number of rotatable bonds is 4. The minimum Gasteiger partial charge on any atom is -0.493 e. The highest BCUT2D eigenvalue weighted by Gasteiger charge is 2.17. The molecule has 1 fully saturated rings. The molecule has 0 spiro atoms. The van der Waals surface area contributed by atoms with E-state index in [4.69, 9.17) is 4.74 Å². The highest BCUT2D eigenvalue weighted by atomic mass is 16.5. The summed E-state index contributed by atoms with van der Waals surface area (Å²) in [4.78, 5) is 0. The molecule has 0 aromatic heterocycles. The molecule has 0 bridgehead atoms. The van der Waals surface area contributed by atoms with Crippen molar-refractivity contribution in [2.24, 2.45) is 5.92 Å². The zero-order valence-corrected chi connectivity index (χ0v) is 11.2. The van der Waals surface area contributed by atoms with Gasteiger partial charge < -0.3 is 10.1 Å². The molecule has 98 valence electrons. The molecular formula is C16H23NO. The van der Waals surface area contributed by atoms with Crippen LogP contribution in [0, 0.1) is 5.92 Å². The van der Waals surface area contributed by atoms with Crippen LogP contribution in [0.2, 0.25) is 0 Å². The molecule has 0 radical (unpaired) electrons. The highest BCUT2D eigenvalue weighted by molar-refractivity contribution is 5.40. The number of fused-ring (bicyclic) bond motifs is 1. The molecule has 1 heterocycles. The van der Waals surface area contributed by atoms with Crippen molar-refractivity contribution >= 4 is 0 Å². The third-order valence-electron chi connectivity index (χ3n) is 4.40. The van der Waals surface area contributed by atoms with Crippen LogP contribution in [0.3, 0.4) is 0 Å². The zero-order valence-electron chi connectivity index (χ0n) is 11.2. The molecule has 1 aliphatic carbocycles. The Kier molecular flexibility index (Phi) is 3.55. The molecule has 0 saturated heterocycles. The van der Waals surface area contributed by atoms with Gasteiger partial charge in [0.1, 0.15) is 5.75 Å². The van der Waals surface area contributed by atoms with E-state index in [1.165, 1.54) is 43.4 Å². The van der Waals surface area contributed by atoms with Crippen molar-refractivity contribution in [2.75, 3.05) is 13.2 Å². The van der Waals surface area contributed by atoms with Crippen molar-refractivity contribution in [1.82, 2.24) is 5.32 Å². The summed E-state index contributed by atoms with van der Waals surface area (Å²) >= 11 is 0. The fourth-order valence-electron chi connectivity index (χ4n) is 3.15. The van der Waals surface area contributed by atoms with Crippen LogP contribution in [0.4, 0.5) is 0 Å². The average molecular weight is 245 g/mol. The van der Waals surface area contributed by atoms with Gasteiger partial charge >= 0.3 is 0 Å². The summed E-state index contributed by atoms with van der Waals surface area (Å²) in [6, 6.07) is 7.10. The fourth-order valence-corrected chi connectivity index (χ4v) is 3.15. The average Bonchev–Trinajstić information content (AvgIpc) is 3.05. The first-order valence-electron chi connectivity index (χ1n) is 7.32. The quantitative estimate of drug-likeness (QED) is 0.877. The van der Waals surface area contributed by atoms with Gasteiger partial charge in [0.15, 0.2) is 0 Å². The van der Waals surface area contributed by atoms with Crippen LogP contribution < -0.4 is 10.1 Å². The molecule has 1 aliphatic heterocycles. The largest absolute Gasteiger partial charge is 0.493 e. The van der Waals surface area contributed by atoms with Crippen LogP contribution in [0.25, 0.3) is 0 Å². The smallest absolute Gasteiger partial charge is 0.122 e. The van der Waals surface area contributed by atoms with E-state index >= 15 is 0 Å². The Hall–Kier alpha value is -1.02. The Morgan fingerprint density at radius 1 is 1.33 bits per heavy atom. The topological polar surface area (TPSA) is 21.3 Å². The molecule has 1 unspecified atom stereocenters. The first kappa shape index (κ1) is 12.0. The Labute approximate surface area is 110 Å². The fraction of sp³-hybridized carbons (Fsp3) is 0.625. The molecule has 2 nitrogen and oxygen atoms in total. The molecule has 1 aromatic rings. The lowest BCUT2D eigenvalue weighted by Gasteiger charge is -2.18. The zero-order chi connectivity index (χ0) is 12.4. The molecule has 1 aromatic carbocycles. The maximum absolute atomic E-state index is 5.55. The van der Waals surface area contributed by atoms with Gasteiger partial charge in [-0.25, -0.2) is 0 Å². The monoisotopic (exact) mass is 245 g/mol. The predicted molar refractivity (Wildman–Crippen MR) is 74.0 cm³/mol. The first-order valence-corrected chi connectivity index (χ1v) is 7.32. The minimum absolute atomic E-state index is 0.455. The van der Waals surface area contributed by atoms with Gasteiger partial charge in [0.05, 0.1) is 6.61 Å². The van der Waals surface area contributed by atoms with Crippen LogP contribution in [0.5, 0.6) is 5.75 Å². The van der Waals surface area contributed by atoms with Crippen LogP contribution >= 0.6 is 0 Å². The summed E-state index contributed by atoms with van der Waals surface area (Å²) in [7, 11) is 0. The Morgan fingerprint density at radius 2 is 2.17 bits per heavy atom. The summed E-state index contributed by atoms with van der Waals surface area (Å²) in [6.45, 7) is 4.30. The second-order valence-corrected chi connectivity index (χ2v) is 5.75. The van der Waals surface area contributed by atoms with Gasteiger partial charge in [0.2, 0.25) is 0 Å². The van der Waals surface area contributed by atoms with E-state index in [0.717, 1.165) is 24.7 Å². The standard InChI is InChI=1S/C16H23NO/c1-12(17-11-13-4-2-3-5-13)14-6-7-16-15(10-14)8-9-18-16/h6-7,10,12-13,17H,2-5,8-9,11H2,1H3. The van der Waals surface area contributed by atoms with Crippen molar-refractivity contribution in [3.8, 4) is 5.75 Å². The summed E-state index contributed by atoms with van der Waals surface area (Å²) in [5.74, 6) is 1.99. The lowest BCUT2D eigenvalue weighted by Crippen LogP contribution is -2.24. The number of nitrogens with one attached hydrogen (secondary N) is 1. The maximum Gasteiger partial charge on any atom is 0.122 e. The van der Waals surface area contributed by atoms with Crippen molar-refractivity contribution in [2.45, 2.75) is 45.1 Å².